The van der Waals surface area contributed by atoms with Crippen molar-refractivity contribution in [3.63, 3.8) is 0 Å². The SMILES string of the molecule is CCCCCC(C)N(C)CC1CCNCC1. The van der Waals surface area contributed by atoms with Crippen molar-refractivity contribution < 1.29 is 0 Å². The first kappa shape index (κ1) is 14.0. The average Bonchev–Trinajstić information content (AvgIpc) is 2.30. The molecule has 0 spiro atoms. The van der Waals surface area contributed by atoms with Crippen molar-refractivity contribution in [3.05, 3.63) is 0 Å². The van der Waals surface area contributed by atoms with Gasteiger partial charge >= 0.3 is 0 Å². The van der Waals surface area contributed by atoms with E-state index in [0.29, 0.717) is 0 Å². The lowest BCUT2D eigenvalue weighted by atomic mass is 9.97. The molecule has 1 saturated heterocycles. The first-order valence-corrected chi connectivity index (χ1v) is 7.15. The first-order chi connectivity index (χ1) is 7.74. The molecule has 0 saturated carbocycles. The van der Waals surface area contributed by atoms with E-state index in [0.717, 1.165) is 12.0 Å². The summed E-state index contributed by atoms with van der Waals surface area (Å²) in [6, 6.07) is 0.765. The molecule has 0 bridgehead atoms. The fraction of sp³-hybridized carbons (Fsp3) is 1.00. The summed E-state index contributed by atoms with van der Waals surface area (Å²) in [6.45, 7) is 8.42. The van der Waals surface area contributed by atoms with Crippen LogP contribution in [0.3, 0.4) is 0 Å². The van der Waals surface area contributed by atoms with Crippen LogP contribution in [0.15, 0.2) is 0 Å². The standard InChI is InChI=1S/C14H30N2/c1-4-5-6-7-13(2)16(3)12-14-8-10-15-11-9-14/h13-15H,4-12H2,1-3H3. The maximum Gasteiger partial charge on any atom is 0.00639 e. The van der Waals surface area contributed by atoms with Crippen LogP contribution in [-0.4, -0.2) is 37.6 Å². The highest BCUT2D eigenvalue weighted by atomic mass is 15.1. The monoisotopic (exact) mass is 226 g/mol. The van der Waals surface area contributed by atoms with Crippen LogP contribution in [0.25, 0.3) is 0 Å². The Balaban J connectivity index is 2.14. The van der Waals surface area contributed by atoms with Gasteiger partial charge in [0.1, 0.15) is 0 Å². The number of hydrogen-bond acceptors (Lipinski definition) is 2. The van der Waals surface area contributed by atoms with Gasteiger partial charge < -0.3 is 10.2 Å². The molecule has 1 N–H and O–H groups in total. The molecule has 16 heavy (non-hydrogen) atoms. The molecule has 0 aromatic rings. The fourth-order valence-corrected chi connectivity index (χ4v) is 2.56. The molecular formula is C14H30N2. The van der Waals surface area contributed by atoms with E-state index in [1.54, 1.807) is 0 Å². The van der Waals surface area contributed by atoms with Gasteiger partial charge in [0.15, 0.2) is 0 Å². The summed E-state index contributed by atoms with van der Waals surface area (Å²) in [4.78, 5) is 2.58. The van der Waals surface area contributed by atoms with E-state index in [-0.39, 0.29) is 0 Å². The van der Waals surface area contributed by atoms with E-state index < -0.39 is 0 Å². The zero-order valence-corrected chi connectivity index (χ0v) is 11.5. The van der Waals surface area contributed by atoms with E-state index in [2.05, 4.69) is 31.1 Å². The van der Waals surface area contributed by atoms with Gasteiger partial charge in [-0.15, -0.1) is 0 Å². The topological polar surface area (TPSA) is 15.3 Å². The van der Waals surface area contributed by atoms with Gasteiger partial charge in [-0.2, -0.15) is 0 Å². The van der Waals surface area contributed by atoms with E-state index >= 15 is 0 Å². The lowest BCUT2D eigenvalue weighted by Crippen LogP contribution is -2.38. The molecule has 1 atom stereocenters. The Morgan fingerprint density at radius 1 is 1.25 bits per heavy atom. The Morgan fingerprint density at radius 3 is 2.56 bits per heavy atom. The lowest BCUT2D eigenvalue weighted by Gasteiger charge is -2.31. The van der Waals surface area contributed by atoms with Crippen molar-refractivity contribution in [2.75, 3.05) is 26.7 Å². The van der Waals surface area contributed by atoms with E-state index in [1.165, 1.54) is 58.2 Å². The van der Waals surface area contributed by atoms with Crippen LogP contribution >= 0.6 is 0 Å². The Labute approximate surface area is 102 Å². The van der Waals surface area contributed by atoms with Crippen LogP contribution in [0.5, 0.6) is 0 Å². The minimum atomic E-state index is 0.765. The van der Waals surface area contributed by atoms with Gasteiger partial charge in [-0.3, -0.25) is 0 Å². The third-order valence-corrected chi connectivity index (χ3v) is 3.98. The summed E-state index contributed by atoms with van der Waals surface area (Å²) < 4.78 is 0. The van der Waals surface area contributed by atoms with Gasteiger partial charge in [0.2, 0.25) is 0 Å². The zero-order valence-electron chi connectivity index (χ0n) is 11.5. The maximum absolute atomic E-state index is 3.44. The van der Waals surface area contributed by atoms with Crippen LogP contribution in [0, 0.1) is 5.92 Å². The van der Waals surface area contributed by atoms with Crippen molar-refractivity contribution in [1.29, 1.82) is 0 Å². The van der Waals surface area contributed by atoms with Crippen molar-refractivity contribution in [2.24, 2.45) is 5.92 Å². The second-order valence-electron chi connectivity index (χ2n) is 5.48. The van der Waals surface area contributed by atoms with Crippen molar-refractivity contribution in [1.82, 2.24) is 10.2 Å². The highest BCUT2D eigenvalue weighted by molar-refractivity contribution is 4.73. The third-order valence-electron chi connectivity index (χ3n) is 3.98. The largest absolute Gasteiger partial charge is 0.317 e. The molecule has 2 nitrogen and oxygen atoms in total. The van der Waals surface area contributed by atoms with Gasteiger partial charge in [0.05, 0.1) is 0 Å². The molecule has 96 valence electrons. The van der Waals surface area contributed by atoms with E-state index in [9.17, 15) is 0 Å². The third kappa shape index (κ3) is 5.31. The van der Waals surface area contributed by atoms with Gasteiger partial charge in [0, 0.05) is 12.6 Å². The predicted octanol–water partition coefficient (Wildman–Crippen LogP) is 2.89. The molecule has 0 radical (unpaired) electrons. The first-order valence-electron chi connectivity index (χ1n) is 7.15. The zero-order chi connectivity index (χ0) is 11.8. The second kappa shape index (κ2) is 8.08. The Morgan fingerprint density at radius 2 is 1.94 bits per heavy atom. The molecule has 0 aromatic carbocycles. The van der Waals surface area contributed by atoms with Gasteiger partial charge in [0.25, 0.3) is 0 Å². The number of hydrogen-bond donors (Lipinski definition) is 1. The summed E-state index contributed by atoms with van der Waals surface area (Å²) in [5, 5.41) is 3.44. The number of piperidine rings is 1. The molecule has 2 heteroatoms. The van der Waals surface area contributed by atoms with Crippen LogP contribution in [-0.2, 0) is 0 Å². The van der Waals surface area contributed by atoms with Gasteiger partial charge in [-0.1, -0.05) is 26.2 Å². The maximum atomic E-state index is 3.44. The van der Waals surface area contributed by atoms with Crippen molar-refractivity contribution >= 4 is 0 Å². The molecule has 1 heterocycles. The Kier molecular flexibility index (Phi) is 7.06. The lowest BCUT2D eigenvalue weighted by molar-refractivity contribution is 0.186. The minimum Gasteiger partial charge on any atom is -0.317 e. The predicted molar refractivity (Wildman–Crippen MR) is 71.8 cm³/mol. The summed E-state index contributed by atoms with van der Waals surface area (Å²) in [5.74, 6) is 0.930. The van der Waals surface area contributed by atoms with Crippen LogP contribution < -0.4 is 5.32 Å². The molecule has 1 aliphatic heterocycles. The molecular weight excluding hydrogens is 196 g/mol. The number of rotatable bonds is 7. The van der Waals surface area contributed by atoms with Gasteiger partial charge in [-0.25, -0.2) is 0 Å². The fourth-order valence-electron chi connectivity index (χ4n) is 2.56. The quantitative estimate of drug-likeness (QED) is 0.672. The smallest absolute Gasteiger partial charge is 0.00639 e. The van der Waals surface area contributed by atoms with Crippen LogP contribution in [0.2, 0.25) is 0 Å². The van der Waals surface area contributed by atoms with E-state index in [4.69, 9.17) is 0 Å². The summed E-state index contributed by atoms with van der Waals surface area (Å²) in [5.41, 5.74) is 0. The Hall–Kier alpha value is -0.0800. The Bertz CT molecular complexity index is 164. The summed E-state index contributed by atoms with van der Waals surface area (Å²) >= 11 is 0. The van der Waals surface area contributed by atoms with Gasteiger partial charge in [-0.05, 0) is 52.2 Å². The van der Waals surface area contributed by atoms with Crippen molar-refractivity contribution in [3.8, 4) is 0 Å². The molecule has 0 aromatic heterocycles. The van der Waals surface area contributed by atoms with Crippen LogP contribution in [0.4, 0.5) is 0 Å². The molecule has 0 aliphatic carbocycles. The van der Waals surface area contributed by atoms with Crippen molar-refractivity contribution in [2.45, 2.75) is 58.4 Å². The van der Waals surface area contributed by atoms with E-state index in [1.807, 2.05) is 0 Å². The molecule has 0 amide bonds. The summed E-state index contributed by atoms with van der Waals surface area (Å²) in [6.07, 6.45) is 8.23. The second-order valence-corrected chi connectivity index (χ2v) is 5.48. The van der Waals surface area contributed by atoms with Crippen LogP contribution in [0.1, 0.15) is 52.4 Å². The molecule has 1 rings (SSSR count). The summed E-state index contributed by atoms with van der Waals surface area (Å²) in [7, 11) is 2.30. The minimum absolute atomic E-state index is 0.765. The number of nitrogens with one attached hydrogen (secondary N) is 1. The molecule has 1 aliphatic rings. The highest BCUT2D eigenvalue weighted by Crippen LogP contribution is 2.16. The number of unbranched alkanes of at least 4 members (excludes halogenated alkanes) is 2. The number of nitrogens with zero attached hydrogens (tertiary/aromatic N) is 1. The highest BCUT2D eigenvalue weighted by Gasteiger charge is 2.17. The molecule has 1 unspecified atom stereocenters. The average molecular weight is 226 g/mol. The molecule has 1 fully saturated rings. The normalized spacial score (nSPS) is 20.2.